The minimum absolute atomic E-state index is 0.0349. The molecule has 2 atom stereocenters. The average Bonchev–Trinajstić information content (AvgIpc) is 3.32. The summed E-state index contributed by atoms with van der Waals surface area (Å²) in [6.07, 6.45) is 6.98. The predicted molar refractivity (Wildman–Crippen MR) is 103 cm³/mol. The molecule has 1 amide bonds. The van der Waals surface area contributed by atoms with Crippen molar-refractivity contribution in [1.82, 2.24) is 29.9 Å². The lowest BCUT2D eigenvalue weighted by molar-refractivity contribution is -0.122. The molecule has 0 unspecified atom stereocenters. The first-order valence-corrected chi connectivity index (χ1v) is 9.53. The molecule has 0 spiro atoms. The summed E-state index contributed by atoms with van der Waals surface area (Å²) in [5.74, 6) is 0.904. The summed E-state index contributed by atoms with van der Waals surface area (Å²) in [4.78, 5) is 25.2. The van der Waals surface area contributed by atoms with Crippen LogP contribution >= 0.6 is 0 Å². The lowest BCUT2D eigenvalue weighted by atomic mass is 9.95. The van der Waals surface area contributed by atoms with Gasteiger partial charge in [0.1, 0.15) is 6.33 Å². The number of pyridine rings is 1. The van der Waals surface area contributed by atoms with Crippen LogP contribution in [0.4, 0.5) is 0 Å². The van der Waals surface area contributed by atoms with Crippen molar-refractivity contribution in [2.24, 2.45) is 5.92 Å². The van der Waals surface area contributed by atoms with Crippen LogP contribution in [0.25, 0.3) is 5.78 Å². The van der Waals surface area contributed by atoms with Gasteiger partial charge in [-0.2, -0.15) is 10.1 Å². The highest BCUT2D eigenvalue weighted by atomic mass is 16.5. The number of rotatable bonds is 6. The molecule has 4 heterocycles. The van der Waals surface area contributed by atoms with Gasteiger partial charge in [-0.25, -0.2) is 9.50 Å². The predicted octanol–water partition coefficient (Wildman–Crippen LogP) is 1.44. The van der Waals surface area contributed by atoms with Gasteiger partial charge in [-0.1, -0.05) is 0 Å². The van der Waals surface area contributed by atoms with Crippen molar-refractivity contribution < 1.29 is 9.53 Å². The summed E-state index contributed by atoms with van der Waals surface area (Å²) in [5.41, 5.74) is 4.13. The van der Waals surface area contributed by atoms with E-state index in [1.807, 2.05) is 26.0 Å². The number of ether oxygens (including phenoxy) is 1. The molecule has 8 nitrogen and oxygen atoms in total. The molecule has 146 valence electrons. The van der Waals surface area contributed by atoms with E-state index in [2.05, 4.69) is 25.4 Å². The molecule has 0 aliphatic carbocycles. The Labute approximate surface area is 163 Å². The fourth-order valence-corrected chi connectivity index (χ4v) is 3.82. The van der Waals surface area contributed by atoms with Crippen LogP contribution in [0.2, 0.25) is 0 Å². The number of nitrogens with zero attached hydrogens (tertiary/aromatic N) is 5. The zero-order chi connectivity index (χ0) is 19.5. The Hall–Kier alpha value is -2.87. The molecule has 0 bridgehead atoms. The SMILES string of the molecule is Cc1nc2ncnn2c(C)c1CCC(=O)N[C@@H]1COC[C@H]1Cc1ccncc1. The molecular weight excluding hydrogens is 356 g/mol. The fraction of sp³-hybridized carbons (Fsp3) is 0.450. The van der Waals surface area contributed by atoms with E-state index in [0.29, 0.717) is 31.8 Å². The molecular formula is C20H24N6O2. The number of aromatic nitrogens is 5. The Morgan fingerprint density at radius 3 is 2.93 bits per heavy atom. The average molecular weight is 380 g/mol. The number of carbonyl (C=O) groups excluding carboxylic acids is 1. The molecule has 0 aromatic carbocycles. The lowest BCUT2D eigenvalue weighted by Gasteiger charge is -2.19. The smallest absolute Gasteiger partial charge is 0.252 e. The zero-order valence-corrected chi connectivity index (χ0v) is 16.1. The second-order valence-corrected chi connectivity index (χ2v) is 7.26. The molecule has 1 aliphatic heterocycles. The van der Waals surface area contributed by atoms with Gasteiger partial charge in [-0.3, -0.25) is 9.78 Å². The van der Waals surface area contributed by atoms with Crippen LogP contribution in [0.1, 0.15) is 28.9 Å². The molecule has 1 N–H and O–H groups in total. The molecule has 3 aromatic rings. The van der Waals surface area contributed by atoms with Gasteiger partial charge in [0.15, 0.2) is 0 Å². The Bertz CT molecular complexity index is 971. The molecule has 1 aliphatic rings. The first-order chi connectivity index (χ1) is 13.6. The van der Waals surface area contributed by atoms with Crippen LogP contribution in [0.5, 0.6) is 0 Å². The minimum atomic E-state index is 0.0349. The molecule has 3 aromatic heterocycles. The van der Waals surface area contributed by atoms with E-state index in [9.17, 15) is 4.79 Å². The highest BCUT2D eigenvalue weighted by Gasteiger charge is 2.29. The quantitative estimate of drug-likeness (QED) is 0.695. The number of nitrogens with one attached hydrogen (secondary N) is 1. The normalized spacial score (nSPS) is 19.2. The van der Waals surface area contributed by atoms with Crippen molar-refractivity contribution in [3.63, 3.8) is 0 Å². The number of fused-ring (bicyclic) bond motifs is 1. The van der Waals surface area contributed by atoms with Crippen molar-refractivity contribution in [3.8, 4) is 0 Å². The Balaban J connectivity index is 1.37. The maximum atomic E-state index is 12.6. The first kappa shape index (κ1) is 18.5. The largest absolute Gasteiger partial charge is 0.379 e. The maximum Gasteiger partial charge on any atom is 0.252 e. The van der Waals surface area contributed by atoms with Gasteiger partial charge < -0.3 is 10.1 Å². The standard InChI is InChI=1S/C20H24N6O2/c1-13-17(14(2)26-20(24-13)22-12-23-26)3-4-19(27)25-18-11-28-10-16(18)9-15-5-7-21-8-6-15/h5-8,12,16,18H,3-4,9-11H2,1-2H3,(H,25,27)/t16-,18-/m1/s1. The minimum Gasteiger partial charge on any atom is -0.379 e. The first-order valence-electron chi connectivity index (χ1n) is 9.53. The highest BCUT2D eigenvalue weighted by Crippen LogP contribution is 2.20. The van der Waals surface area contributed by atoms with Crippen molar-refractivity contribution in [2.45, 2.75) is 39.2 Å². The molecule has 1 saturated heterocycles. The Morgan fingerprint density at radius 1 is 1.29 bits per heavy atom. The van der Waals surface area contributed by atoms with E-state index in [0.717, 1.165) is 23.4 Å². The molecule has 0 radical (unpaired) electrons. The van der Waals surface area contributed by atoms with Crippen LogP contribution in [0, 0.1) is 19.8 Å². The van der Waals surface area contributed by atoms with Gasteiger partial charge in [0.05, 0.1) is 19.3 Å². The third-order valence-corrected chi connectivity index (χ3v) is 5.38. The highest BCUT2D eigenvalue weighted by molar-refractivity contribution is 5.76. The second-order valence-electron chi connectivity index (χ2n) is 7.26. The van der Waals surface area contributed by atoms with Crippen molar-refractivity contribution in [1.29, 1.82) is 0 Å². The van der Waals surface area contributed by atoms with Crippen LogP contribution < -0.4 is 5.32 Å². The Kier molecular flexibility index (Phi) is 5.29. The number of amides is 1. The lowest BCUT2D eigenvalue weighted by Crippen LogP contribution is -2.40. The summed E-state index contributed by atoms with van der Waals surface area (Å²) >= 11 is 0. The third kappa shape index (κ3) is 3.87. The number of hydrogen-bond donors (Lipinski definition) is 1. The van der Waals surface area contributed by atoms with Crippen LogP contribution in [0.3, 0.4) is 0 Å². The van der Waals surface area contributed by atoms with E-state index in [1.54, 1.807) is 16.9 Å². The van der Waals surface area contributed by atoms with Gasteiger partial charge in [0.2, 0.25) is 5.91 Å². The molecule has 4 rings (SSSR count). The zero-order valence-electron chi connectivity index (χ0n) is 16.1. The van der Waals surface area contributed by atoms with Crippen LogP contribution in [-0.4, -0.2) is 49.7 Å². The van der Waals surface area contributed by atoms with Crippen LogP contribution in [-0.2, 0) is 22.4 Å². The van der Waals surface area contributed by atoms with E-state index in [-0.39, 0.29) is 17.9 Å². The van der Waals surface area contributed by atoms with Crippen LogP contribution in [0.15, 0.2) is 30.9 Å². The van der Waals surface area contributed by atoms with Crippen molar-refractivity contribution >= 4 is 11.7 Å². The maximum absolute atomic E-state index is 12.6. The number of carbonyl (C=O) groups is 1. The summed E-state index contributed by atoms with van der Waals surface area (Å²) in [5, 5.41) is 7.36. The van der Waals surface area contributed by atoms with Gasteiger partial charge in [0.25, 0.3) is 5.78 Å². The topological polar surface area (TPSA) is 94.3 Å². The van der Waals surface area contributed by atoms with Gasteiger partial charge >= 0.3 is 0 Å². The third-order valence-electron chi connectivity index (χ3n) is 5.38. The van der Waals surface area contributed by atoms with E-state index in [4.69, 9.17) is 4.74 Å². The van der Waals surface area contributed by atoms with E-state index >= 15 is 0 Å². The van der Waals surface area contributed by atoms with Gasteiger partial charge in [-0.05, 0) is 49.9 Å². The fourth-order valence-electron chi connectivity index (χ4n) is 3.82. The summed E-state index contributed by atoms with van der Waals surface area (Å²) in [7, 11) is 0. The monoisotopic (exact) mass is 380 g/mol. The van der Waals surface area contributed by atoms with E-state index in [1.165, 1.54) is 11.9 Å². The van der Waals surface area contributed by atoms with Gasteiger partial charge in [0, 0.05) is 36.1 Å². The number of hydrogen-bond acceptors (Lipinski definition) is 6. The van der Waals surface area contributed by atoms with Crippen molar-refractivity contribution in [2.75, 3.05) is 13.2 Å². The Morgan fingerprint density at radius 2 is 2.11 bits per heavy atom. The molecule has 0 saturated carbocycles. The van der Waals surface area contributed by atoms with Crippen molar-refractivity contribution in [3.05, 3.63) is 53.4 Å². The molecule has 1 fully saturated rings. The second kappa shape index (κ2) is 8.02. The summed E-state index contributed by atoms with van der Waals surface area (Å²) < 4.78 is 7.34. The van der Waals surface area contributed by atoms with Gasteiger partial charge in [-0.15, -0.1) is 0 Å². The molecule has 8 heteroatoms. The summed E-state index contributed by atoms with van der Waals surface area (Å²) in [6, 6.07) is 4.06. The van der Waals surface area contributed by atoms with E-state index < -0.39 is 0 Å². The summed E-state index contributed by atoms with van der Waals surface area (Å²) in [6.45, 7) is 5.16. The number of aryl methyl sites for hydroxylation is 2. The molecule has 28 heavy (non-hydrogen) atoms.